The smallest absolute Gasteiger partial charge is 0.251 e. The molecule has 0 saturated carbocycles. The first kappa shape index (κ1) is 13.1. The Morgan fingerprint density at radius 2 is 2.06 bits per heavy atom. The summed E-state index contributed by atoms with van der Waals surface area (Å²) in [4.78, 5) is 11.8. The van der Waals surface area contributed by atoms with E-state index in [0.717, 1.165) is 15.7 Å². The number of amides is 1. The van der Waals surface area contributed by atoms with E-state index in [1.165, 1.54) is 0 Å². The molecule has 2 rings (SSSR count). The Kier molecular flexibility index (Phi) is 4.35. The lowest BCUT2D eigenvalue weighted by Crippen LogP contribution is -2.26. The highest BCUT2D eigenvalue weighted by Crippen LogP contribution is 2.06. The summed E-state index contributed by atoms with van der Waals surface area (Å²) in [7, 11) is 1.90. The molecule has 0 aliphatic heterocycles. The van der Waals surface area contributed by atoms with Gasteiger partial charge in [-0.15, -0.1) is 0 Å². The van der Waals surface area contributed by atoms with Crippen LogP contribution in [0.4, 0.5) is 0 Å². The number of halogens is 1. The predicted molar refractivity (Wildman–Crippen MR) is 78.4 cm³/mol. The van der Waals surface area contributed by atoms with Gasteiger partial charge < -0.3 is 5.32 Å². The van der Waals surface area contributed by atoms with E-state index in [9.17, 15) is 4.79 Å². The fourth-order valence-corrected chi connectivity index (χ4v) is 2.01. The van der Waals surface area contributed by atoms with E-state index in [1.54, 1.807) is 6.20 Å². The lowest BCUT2D eigenvalue weighted by atomic mass is 10.2. The summed E-state index contributed by atoms with van der Waals surface area (Å²) in [6.07, 6.45) is 2.54. The van der Waals surface area contributed by atoms with E-state index in [-0.39, 0.29) is 5.91 Å². The minimum Gasteiger partial charge on any atom is -0.352 e. The van der Waals surface area contributed by atoms with Crippen LogP contribution in [-0.2, 0) is 13.5 Å². The molecule has 2 aromatic rings. The summed E-state index contributed by atoms with van der Waals surface area (Å²) < 4.78 is 2.94. The molecule has 0 aliphatic rings. The van der Waals surface area contributed by atoms with Crippen LogP contribution < -0.4 is 5.32 Å². The summed E-state index contributed by atoms with van der Waals surface area (Å²) in [5, 5.41) is 6.99. The van der Waals surface area contributed by atoms with Gasteiger partial charge in [-0.3, -0.25) is 9.48 Å². The van der Waals surface area contributed by atoms with Crippen LogP contribution in [-0.4, -0.2) is 22.2 Å². The van der Waals surface area contributed by atoms with Crippen LogP contribution in [0.15, 0.2) is 36.5 Å². The second kappa shape index (κ2) is 5.99. The first-order valence-electron chi connectivity index (χ1n) is 5.67. The van der Waals surface area contributed by atoms with E-state index < -0.39 is 0 Å². The molecule has 1 amide bonds. The van der Waals surface area contributed by atoms with Gasteiger partial charge in [-0.2, -0.15) is 5.10 Å². The van der Waals surface area contributed by atoms with Crippen LogP contribution in [0.2, 0.25) is 0 Å². The third-order valence-corrected chi connectivity index (χ3v) is 3.41. The number of benzene rings is 1. The van der Waals surface area contributed by atoms with Crippen molar-refractivity contribution in [2.75, 3.05) is 6.54 Å². The van der Waals surface area contributed by atoms with Crippen molar-refractivity contribution in [3.8, 4) is 0 Å². The molecule has 0 unspecified atom stereocenters. The van der Waals surface area contributed by atoms with Crippen LogP contribution in [0.1, 0.15) is 16.1 Å². The van der Waals surface area contributed by atoms with Gasteiger partial charge in [-0.1, -0.05) is 0 Å². The van der Waals surface area contributed by atoms with Crippen molar-refractivity contribution in [1.82, 2.24) is 15.1 Å². The van der Waals surface area contributed by atoms with Crippen molar-refractivity contribution >= 4 is 28.5 Å². The minimum absolute atomic E-state index is 0.0337. The highest BCUT2D eigenvalue weighted by molar-refractivity contribution is 14.1. The number of rotatable bonds is 4. The zero-order valence-corrected chi connectivity index (χ0v) is 12.2. The summed E-state index contributed by atoms with van der Waals surface area (Å²) in [6, 6.07) is 9.48. The van der Waals surface area contributed by atoms with Gasteiger partial charge in [0.25, 0.3) is 5.91 Å². The van der Waals surface area contributed by atoms with Gasteiger partial charge in [0.2, 0.25) is 0 Å². The molecule has 0 saturated heterocycles. The number of carbonyl (C=O) groups excluding carboxylic acids is 1. The van der Waals surface area contributed by atoms with Crippen molar-refractivity contribution in [3.05, 3.63) is 51.4 Å². The standard InChI is InChI=1S/C13H14IN3O/c1-17-12(7-9-16-17)6-8-15-13(18)10-2-4-11(14)5-3-10/h2-5,7,9H,6,8H2,1H3,(H,15,18). The molecule has 5 heteroatoms. The van der Waals surface area contributed by atoms with E-state index in [1.807, 2.05) is 42.1 Å². The molecule has 0 fully saturated rings. The number of hydrogen-bond acceptors (Lipinski definition) is 2. The molecule has 1 aromatic carbocycles. The highest BCUT2D eigenvalue weighted by atomic mass is 127. The Labute approximate surface area is 120 Å². The Morgan fingerprint density at radius 3 is 2.67 bits per heavy atom. The predicted octanol–water partition coefficient (Wildman–Crippen LogP) is 2.00. The third-order valence-electron chi connectivity index (χ3n) is 2.70. The lowest BCUT2D eigenvalue weighted by molar-refractivity contribution is 0.0954. The second-order valence-electron chi connectivity index (χ2n) is 3.96. The van der Waals surface area contributed by atoms with Crippen LogP contribution >= 0.6 is 22.6 Å². The molecule has 0 bridgehead atoms. The zero-order chi connectivity index (χ0) is 13.0. The van der Waals surface area contributed by atoms with E-state index >= 15 is 0 Å². The van der Waals surface area contributed by atoms with Crippen LogP contribution in [0.3, 0.4) is 0 Å². The zero-order valence-electron chi connectivity index (χ0n) is 10.1. The van der Waals surface area contributed by atoms with Crippen molar-refractivity contribution in [2.24, 2.45) is 7.05 Å². The number of aromatic nitrogens is 2. The second-order valence-corrected chi connectivity index (χ2v) is 5.20. The summed E-state index contributed by atoms with van der Waals surface area (Å²) in [6.45, 7) is 0.615. The molecule has 4 nitrogen and oxygen atoms in total. The Balaban J connectivity index is 1.85. The van der Waals surface area contributed by atoms with Gasteiger partial charge in [0, 0.05) is 41.0 Å². The van der Waals surface area contributed by atoms with Crippen LogP contribution in [0.5, 0.6) is 0 Å². The van der Waals surface area contributed by atoms with Gasteiger partial charge in [0.1, 0.15) is 0 Å². The SMILES string of the molecule is Cn1nccc1CCNC(=O)c1ccc(I)cc1. The van der Waals surface area contributed by atoms with Crippen molar-refractivity contribution in [1.29, 1.82) is 0 Å². The fourth-order valence-electron chi connectivity index (χ4n) is 1.65. The molecule has 0 spiro atoms. The van der Waals surface area contributed by atoms with E-state index in [4.69, 9.17) is 0 Å². The maximum absolute atomic E-state index is 11.8. The number of nitrogens with zero attached hydrogens (tertiary/aromatic N) is 2. The average Bonchev–Trinajstić information content (AvgIpc) is 2.76. The Morgan fingerprint density at radius 1 is 1.33 bits per heavy atom. The maximum atomic E-state index is 11.8. The van der Waals surface area contributed by atoms with Crippen molar-refractivity contribution in [2.45, 2.75) is 6.42 Å². The lowest BCUT2D eigenvalue weighted by Gasteiger charge is -2.05. The summed E-state index contributed by atoms with van der Waals surface area (Å²) >= 11 is 2.22. The molecule has 0 atom stereocenters. The number of aryl methyl sites for hydroxylation is 1. The molecule has 0 radical (unpaired) electrons. The van der Waals surface area contributed by atoms with Crippen LogP contribution in [0.25, 0.3) is 0 Å². The first-order valence-corrected chi connectivity index (χ1v) is 6.75. The molecule has 1 N–H and O–H groups in total. The van der Waals surface area contributed by atoms with Gasteiger partial charge in [-0.05, 0) is 52.9 Å². The van der Waals surface area contributed by atoms with E-state index in [2.05, 4.69) is 33.0 Å². The minimum atomic E-state index is -0.0337. The topological polar surface area (TPSA) is 46.9 Å². The molecule has 1 aromatic heterocycles. The van der Waals surface area contributed by atoms with Crippen LogP contribution in [0, 0.1) is 3.57 Å². The fraction of sp³-hybridized carbons (Fsp3) is 0.231. The normalized spacial score (nSPS) is 10.3. The quantitative estimate of drug-likeness (QED) is 0.853. The molecular formula is C13H14IN3O. The molecule has 94 valence electrons. The number of hydrogen-bond donors (Lipinski definition) is 1. The molecule has 1 heterocycles. The summed E-state index contributed by atoms with van der Waals surface area (Å²) in [5.41, 5.74) is 1.80. The number of carbonyl (C=O) groups is 1. The Bertz CT molecular complexity index is 533. The average molecular weight is 355 g/mol. The van der Waals surface area contributed by atoms with Crippen molar-refractivity contribution in [3.63, 3.8) is 0 Å². The summed E-state index contributed by atoms with van der Waals surface area (Å²) in [5.74, 6) is -0.0337. The maximum Gasteiger partial charge on any atom is 0.251 e. The van der Waals surface area contributed by atoms with Gasteiger partial charge >= 0.3 is 0 Å². The first-order chi connectivity index (χ1) is 8.66. The monoisotopic (exact) mass is 355 g/mol. The number of nitrogens with one attached hydrogen (secondary N) is 1. The van der Waals surface area contributed by atoms with Gasteiger partial charge in [0.15, 0.2) is 0 Å². The molecular weight excluding hydrogens is 341 g/mol. The Hall–Kier alpha value is -1.37. The van der Waals surface area contributed by atoms with Crippen molar-refractivity contribution < 1.29 is 4.79 Å². The third kappa shape index (κ3) is 3.32. The van der Waals surface area contributed by atoms with Gasteiger partial charge in [-0.25, -0.2) is 0 Å². The van der Waals surface area contributed by atoms with Gasteiger partial charge in [0.05, 0.1) is 0 Å². The highest BCUT2D eigenvalue weighted by Gasteiger charge is 2.05. The molecule has 0 aliphatic carbocycles. The molecule has 18 heavy (non-hydrogen) atoms. The largest absolute Gasteiger partial charge is 0.352 e. The van der Waals surface area contributed by atoms with E-state index in [0.29, 0.717) is 12.1 Å².